The lowest BCUT2D eigenvalue weighted by molar-refractivity contribution is -0.185. The van der Waals surface area contributed by atoms with Crippen molar-refractivity contribution in [2.75, 3.05) is 0 Å². The molecule has 0 radical (unpaired) electrons. The standard InChI is InChI=1S/C27H31F6NO3/c1-14(34-22-13-20(24(35)36)25(22,2)3)16-5-4-15-6-11-21(23(19(15)12-16)27(31,32)33)37-18-9-7-17(8-10-18)26(28,29)30/h4-6,11-12,14,17-18,20,22,34H,7-10,13H2,1-3H3,(H,35,36)/t14-,17?,18?,20-,22+/m0/s1. The molecular formula is C27H31F6NO3. The van der Waals surface area contributed by atoms with Crippen molar-refractivity contribution in [3.05, 3.63) is 41.5 Å². The van der Waals surface area contributed by atoms with Crippen LogP contribution in [0, 0.1) is 17.3 Å². The molecule has 204 valence electrons. The molecule has 0 aromatic heterocycles. The van der Waals surface area contributed by atoms with E-state index < -0.39 is 47.2 Å². The topological polar surface area (TPSA) is 58.6 Å². The van der Waals surface area contributed by atoms with E-state index in [2.05, 4.69) is 5.32 Å². The average Bonchev–Trinajstić information content (AvgIpc) is 2.79. The maximum absolute atomic E-state index is 14.3. The quantitative estimate of drug-likeness (QED) is 0.379. The van der Waals surface area contributed by atoms with E-state index >= 15 is 0 Å². The van der Waals surface area contributed by atoms with E-state index in [-0.39, 0.29) is 48.9 Å². The van der Waals surface area contributed by atoms with Gasteiger partial charge >= 0.3 is 18.3 Å². The molecule has 2 aliphatic carbocycles. The van der Waals surface area contributed by atoms with Crippen LogP contribution in [0.4, 0.5) is 26.3 Å². The van der Waals surface area contributed by atoms with Crippen molar-refractivity contribution in [2.45, 2.75) is 83.4 Å². The fourth-order valence-electron chi connectivity index (χ4n) is 5.69. The summed E-state index contributed by atoms with van der Waals surface area (Å²) in [5.74, 6) is -3.18. The number of rotatable bonds is 6. The van der Waals surface area contributed by atoms with Gasteiger partial charge in [0.25, 0.3) is 0 Å². The van der Waals surface area contributed by atoms with E-state index in [0.29, 0.717) is 17.4 Å². The van der Waals surface area contributed by atoms with Gasteiger partial charge in [-0.1, -0.05) is 32.0 Å². The van der Waals surface area contributed by atoms with Crippen molar-refractivity contribution in [1.82, 2.24) is 5.32 Å². The zero-order valence-corrected chi connectivity index (χ0v) is 20.8. The highest BCUT2D eigenvalue weighted by atomic mass is 19.4. The van der Waals surface area contributed by atoms with Crippen molar-refractivity contribution in [2.24, 2.45) is 17.3 Å². The molecule has 0 amide bonds. The van der Waals surface area contributed by atoms with Gasteiger partial charge in [-0.15, -0.1) is 0 Å². The third-order valence-corrected chi connectivity index (χ3v) is 8.24. The summed E-state index contributed by atoms with van der Waals surface area (Å²) in [6.45, 7) is 5.53. The summed E-state index contributed by atoms with van der Waals surface area (Å²) < 4.78 is 87.4. The van der Waals surface area contributed by atoms with Gasteiger partial charge in [-0.2, -0.15) is 26.3 Å². The number of hydrogen-bond acceptors (Lipinski definition) is 3. The van der Waals surface area contributed by atoms with Crippen molar-refractivity contribution < 1.29 is 41.0 Å². The van der Waals surface area contributed by atoms with Gasteiger partial charge in [-0.25, -0.2) is 0 Å². The first-order chi connectivity index (χ1) is 17.1. The number of carbonyl (C=O) groups is 1. The van der Waals surface area contributed by atoms with Gasteiger partial charge in [0.15, 0.2) is 0 Å². The summed E-state index contributed by atoms with van der Waals surface area (Å²) in [4.78, 5) is 11.4. The summed E-state index contributed by atoms with van der Waals surface area (Å²) in [5, 5.41) is 13.0. The molecule has 0 bridgehead atoms. The van der Waals surface area contributed by atoms with Crippen molar-refractivity contribution in [1.29, 1.82) is 0 Å². The third-order valence-electron chi connectivity index (χ3n) is 8.24. The smallest absolute Gasteiger partial charge is 0.420 e. The van der Waals surface area contributed by atoms with Gasteiger partial charge in [0.2, 0.25) is 0 Å². The first kappa shape index (κ1) is 27.5. The lowest BCUT2D eigenvalue weighted by Crippen LogP contribution is -2.59. The van der Waals surface area contributed by atoms with Gasteiger partial charge in [0.05, 0.1) is 17.9 Å². The molecule has 0 spiro atoms. The highest BCUT2D eigenvalue weighted by Crippen LogP contribution is 2.48. The first-order valence-corrected chi connectivity index (χ1v) is 12.4. The zero-order chi connectivity index (χ0) is 27.3. The second-order valence-electron chi connectivity index (χ2n) is 10.9. The Morgan fingerprint density at radius 2 is 1.68 bits per heavy atom. The molecule has 10 heteroatoms. The van der Waals surface area contributed by atoms with Crippen molar-refractivity contribution in [3.63, 3.8) is 0 Å². The predicted molar refractivity (Wildman–Crippen MR) is 126 cm³/mol. The fourth-order valence-corrected chi connectivity index (χ4v) is 5.69. The number of ether oxygens (including phenoxy) is 1. The molecule has 0 unspecified atom stereocenters. The van der Waals surface area contributed by atoms with Crippen molar-refractivity contribution >= 4 is 16.7 Å². The number of benzene rings is 2. The van der Waals surface area contributed by atoms with Crippen LogP contribution in [-0.2, 0) is 11.0 Å². The number of alkyl halides is 6. The van der Waals surface area contributed by atoms with Crippen LogP contribution in [0.15, 0.2) is 30.3 Å². The highest BCUT2D eigenvalue weighted by Gasteiger charge is 2.52. The minimum Gasteiger partial charge on any atom is -0.490 e. The average molecular weight is 532 g/mol. The van der Waals surface area contributed by atoms with Crippen LogP contribution in [-0.4, -0.2) is 29.4 Å². The van der Waals surface area contributed by atoms with Crippen LogP contribution >= 0.6 is 0 Å². The van der Waals surface area contributed by atoms with E-state index in [4.69, 9.17) is 4.74 Å². The molecule has 2 saturated carbocycles. The van der Waals surface area contributed by atoms with Crippen LogP contribution in [0.25, 0.3) is 10.8 Å². The molecule has 4 rings (SSSR count). The molecule has 0 aliphatic heterocycles. The molecular weight excluding hydrogens is 500 g/mol. The van der Waals surface area contributed by atoms with Gasteiger partial charge in [0, 0.05) is 12.1 Å². The minimum atomic E-state index is -4.74. The van der Waals surface area contributed by atoms with Gasteiger partial charge in [-0.05, 0) is 72.9 Å². The Morgan fingerprint density at radius 1 is 1.05 bits per heavy atom. The van der Waals surface area contributed by atoms with Gasteiger partial charge < -0.3 is 15.2 Å². The number of carboxylic acid groups (broad SMARTS) is 1. The molecule has 2 fully saturated rings. The Kier molecular flexibility index (Phi) is 7.20. The second-order valence-corrected chi connectivity index (χ2v) is 10.9. The Hall–Kier alpha value is -2.49. The lowest BCUT2D eigenvalue weighted by atomic mass is 9.58. The Morgan fingerprint density at radius 3 is 2.22 bits per heavy atom. The number of nitrogens with one attached hydrogen (secondary N) is 1. The molecule has 37 heavy (non-hydrogen) atoms. The molecule has 2 aromatic carbocycles. The number of fused-ring (bicyclic) bond motifs is 1. The number of aliphatic carboxylic acids is 1. The fraction of sp³-hybridized carbons (Fsp3) is 0.593. The maximum atomic E-state index is 14.3. The Labute approximate surface area is 211 Å². The number of halogens is 6. The molecule has 2 N–H and O–H groups in total. The largest absolute Gasteiger partial charge is 0.490 e. The van der Waals surface area contributed by atoms with E-state index in [1.54, 1.807) is 12.1 Å². The van der Waals surface area contributed by atoms with Gasteiger partial charge in [0.1, 0.15) is 11.3 Å². The predicted octanol–water partition coefficient (Wildman–Crippen LogP) is 7.51. The van der Waals surface area contributed by atoms with E-state index in [1.807, 2.05) is 20.8 Å². The summed E-state index contributed by atoms with van der Waals surface area (Å²) in [6, 6.07) is 7.11. The van der Waals surface area contributed by atoms with Crippen LogP contribution < -0.4 is 10.1 Å². The molecule has 3 atom stereocenters. The van der Waals surface area contributed by atoms with E-state index in [9.17, 15) is 36.2 Å². The number of carboxylic acids is 1. The summed E-state index contributed by atoms with van der Waals surface area (Å²) in [5.41, 5.74) is -0.831. The monoisotopic (exact) mass is 531 g/mol. The summed E-state index contributed by atoms with van der Waals surface area (Å²) in [7, 11) is 0. The zero-order valence-electron chi connectivity index (χ0n) is 20.8. The molecule has 4 nitrogen and oxygen atoms in total. The van der Waals surface area contributed by atoms with E-state index in [0.717, 1.165) is 0 Å². The van der Waals surface area contributed by atoms with E-state index in [1.165, 1.54) is 18.2 Å². The maximum Gasteiger partial charge on any atom is 0.420 e. The highest BCUT2D eigenvalue weighted by molar-refractivity contribution is 5.89. The van der Waals surface area contributed by atoms with Crippen LogP contribution in [0.5, 0.6) is 5.75 Å². The normalized spacial score (nSPS) is 26.9. The van der Waals surface area contributed by atoms with Crippen LogP contribution in [0.2, 0.25) is 0 Å². The lowest BCUT2D eigenvalue weighted by Gasteiger charge is -2.51. The SMILES string of the molecule is C[C@H](N[C@@H]1C[C@@H](C(=O)O)C1(C)C)c1ccc2ccc(OC3CCC(C(F)(F)F)CC3)c(C(F)(F)F)c2c1. The molecule has 0 saturated heterocycles. The number of hydrogen-bond donors (Lipinski definition) is 2. The van der Waals surface area contributed by atoms with Crippen LogP contribution in [0.3, 0.4) is 0 Å². The first-order valence-electron chi connectivity index (χ1n) is 12.4. The van der Waals surface area contributed by atoms with Crippen LogP contribution in [0.1, 0.15) is 70.0 Å². The Balaban J connectivity index is 1.58. The Bertz CT molecular complexity index is 1150. The third kappa shape index (κ3) is 5.54. The van der Waals surface area contributed by atoms with Gasteiger partial charge in [-0.3, -0.25) is 4.79 Å². The summed E-state index contributed by atoms with van der Waals surface area (Å²) >= 11 is 0. The molecule has 2 aliphatic rings. The molecule has 0 heterocycles. The summed E-state index contributed by atoms with van der Waals surface area (Å²) in [6.07, 6.45) is -9.60. The minimum absolute atomic E-state index is 0.0367. The second kappa shape index (κ2) is 9.67. The van der Waals surface area contributed by atoms with Crippen molar-refractivity contribution in [3.8, 4) is 5.75 Å². The molecule has 2 aromatic rings.